The van der Waals surface area contributed by atoms with E-state index < -0.39 is 5.97 Å². The van der Waals surface area contributed by atoms with E-state index >= 15 is 0 Å². The third-order valence-electron chi connectivity index (χ3n) is 4.56. The summed E-state index contributed by atoms with van der Waals surface area (Å²) >= 11 is 0. The van der Waals surface area contributed by atoms with Gasteiger partial charge in [0, 0.05) is 12.5 Å². The monoisotopic (exact) mass is 305 g/mol. The van der Waals surface area contributed by atoms with E-state index in [0.717, 1.165) is 66.9 Å². The molecule has 0 amide bonds. The fourth-order valence-electron chi connectivity index (χ4n) is 3.51. The minimum absolute atomic E-state index is 0.268. The van der Waals surface area contributed by atoms with Crippen LogP contribution in [0.4, 0.5) is 0 Å². The van der Waals surface area contributed by atoms with E-state index in [9.17, 15) is 9.59 Å². The molecular weight excluding hydrogens is 282 g/mol. The van der Waals surface area contributed by atoms with Crippen LogP contribution in [0.25, 0.3) is 0 Å². The number of nitrogens with one attached hydrogen (secondary N) is 1. The summed E-state index contributed by atoms with van der Waals surface area (Å²) in [6.45, 7) is 3.36. The van der Waals surface area contributed by atoms with Crippen molar-refractivity contribution in [3.05, 3.63) is 27.2 Å². The number of nitrogens with zero attached hydrogens (tertiary/aromatic N) is 2. The summed E-state index contributed by atoms with van der Waals surface area (Å²) in [5, 5.41) is 7.76. The Morgan fingerprint density at radius 1 is 1.32 bits per heavy atom. The summed E-state index contributed by atoms with van der Waals surface area (Å²) in [4.78, 5) is 29.5. The molecular formula is C16H23N3O3. The van der Waals surface area contributed by atoms with E-state index in [4.69, 9.17) is 4.84 Å². The number of carbonyl (C=O) groups excluding carboxylic acids is 1. The Bertz CT molecular complexity index is 618. The van der Waals surface area contributed by atoms with Gasteiger partial charge in [-0.05, 0) is 74.4 Å². The maximum Gasteiger partial charge on any atom is 0.332 e. The molecule has 1 unspecified atom stereocenters. The van der Waals surface area contributed by atoms with Gasteiger partial charge in [0.05, 0.1) is 5.69 Å². The molecule has 1 aliphatic carbocycles. The number of rotatable bonds is 3. The Kier molecular flexibility index (Phi) is 4.57. The van der Waals surface area contributed by atoms with Crippen molar-refractivity contribution >= 4 is 5.97 Å². The molecule has 1 aliphatic heterocycles. The molecule has 120 valence electrons. The molecule has 2 aliphatic rings. The molecule has 0 bridgehead atoms. The zero-order chi connectivity index (χ0) is 15.5. The highest BCUT2D eigenvalue weighted by molar-refractivity contribution is 5.66. The normalized spacial score (nSPS) is 21.2. The summed E-state index contributed by atoms with van der Waals surface area (Å²) in [7, 11) is 0. The number of fused-ring (bicyclic) bond motifs is 1. The lowest BCUT2D eigenvalue weighted by Crippen LogP contribution is -2.38. The van der Waals surface area contributed by atoms with Crippen LogP contribution in [0.1, 0.15) is 49.4 Å². The molecule has 3 rings (SSSR count). The van der Waals surface area contributed by atoms with Gasteiger partial charge in [0.25, 0.3) is 0 Å². The van der Waals surface area contributed by atoms with Gasteiger partial charge in [-0.25, -0.2) is 4.79 Å². The second kappa shape index (κ2) is 6.60. The average molecular weight is 305 g/mol. The van der Waals surface area contributed by atoms with Crippen LogP contribution in [-0.2, 0) is 24.1 Å². The molecule has 1 aromatic rings. The number of piperidine rings is 1. The van der Waals surface area contributed by atoms with Crippen LogP contribution < -0.4 is 15.7 Å². The van der Waals surface area contributed by atoms with Crippen molar-refractivity contribution in [1.29, 1.82) is 0 Å². The highest BCUT2D eigenvalue weighted by Crippen LogP contribution is 2.24. The van der Waals surface area contributed by atoms with Gasteiger partial charge in [-0.3, -0.25) is 4.79 Å². The second-order valence-electron chi connectivity index (χ2n) is 6.29. The topological polar surface area (TPSA) is 73.2 Å². The van der Waals surface area contributed by atoms with E-state index in [1.54, 1.807) is 0 Å². The highest BCUT2D eigenvalue weighted by atomic mass is 16.7. The van der Waals surface area contributed by atoms with Crippen LogP contribution in [0.5, 0.6) is 0 Å². The molecule has 2 heterocycles. The van der Waals surface area contributed by atoms with Crippen molar-refractivity contribution < 1.29 is 9.63 Å². The average Bonchev–Trinajstić information content (AvgIpc) is 2.52. The zero-order valence-corrected chi connectivity index (χ0v) is 13.1. The van der Waals surface area contributed by atoms with Crippen molar-refractivity contribution in [3.63, 3.8) is 0 Å². The first-order valence-electron chi connectivity index (χ1n) is 8.18. The standard InChI is InChI=1S/C16H23N3O3/c1-11(20)22-19-16(21)14-7-3-2-6-13(14)15(18-19)9-12-5-4-8-17-10-12/h12,17H,2-10H2,1H3. The van der Waals surface area contributed by atoms with Gasteiger partial charge in [-0.2, -0.15) is 0 Å². The first-order chi connectivity index (χ1) is 10.6. The van der Waals surface area contributed by atoms with Gasteiger partial charge in [0.1, 0.15) is 0 Å². The van der Waals surface area contributed by atoms with E-state index in [1.165, 1.54) is 19.8 Å². The van der Waals surface area contributed by atoms with Crippen LogP contribution in [0.2, 0.25) is 0 Å². The van der Waals surface area contributed by atoms with Gasteiger partial charge < -0.3 is 10.2 Å². The van der Waals surface area contributed by atoms with Crippen LogP contribution in [0.15, 0.2) is 4.79 Å². The van der Waals surface area contributed by atoms with Crippen LogP contribution in [0, 0.1) is 5.92 Å². The quantitative estimate of drug-likeness (QED) is 0.887. The number of hydrogen-bond acceptors (Lipinski definition) is 5. The Balaban J connectivity index is 1.95. The number of carbonyl (C=O) groups is 1. The van der Waals surface area contributed by atoms with E-state index in [0.29, 0.717) is 5.92 Å². The lowest BCUT2D eigenvalue weighted by Gasteiger charge is -2.25. The smallest absolute Gasteiger partial charge is 0.316 e. The predicted octanol–water partition coefficient (Wildman–Crippen LogP) is 0.639. The van der Waals surface area contributed by atoms with Crippen molar-refractivity contribution in [2.45, 2.75) is 51.9 Å². The first-order valence-corrected chi connectivity index (χ1v) is 8.18. The molecule has 6 nitrogen and oxygen atoms in total. The van der Waals surface area contributed by atoms with Crippen LogP contribution >= 0.6 is 0 Å². The molecule has 0 spiro atoms. The van der Waals surface area contributed by atoms with Gasteiger partial charge in [-0.1, -0.05) is 0 Å². The lowest BCUT2D eigenvalue weighted by atomic mass is 9.87. The molecule has 1 aromatic heterocycles. The van der Waals surface area contributed by atoms with Crippen LogP contribution in [-0.4, -0.2) is 29.0 Å². The summed E-state index contributed by atoms with van der Waals surface area (Å²) in [5.74, 6) is 0.0196. The minimum atomic E-state index is -0.518. The summed E-state index contributed by atoms with van der Waals surface area (Å²) in [5.41, 5.74) is 2.56. The second-order valence-corrected chi connectivity index (χ2v) is 6.29. The highest BCUT2D eigenvalue weighted by Gasteiger charge is 2.24. The molecule has 0 aromatic carbocycles. The first kappa shape index (κ1) is 15.2. The van der Waals surface area contributed by atoms with Gasteiger partial charge in [0.15, 0.2) is 0 Å². The third kappa shape index (κ3) is 3.21. The molecule has 22 heavy (non-hydrogen) atoms. The Morgan fingerprint density at radius 3 is 2.77 bits per heavy atom. The molecule has 1 saturated heterocycles. The Morgan fingerprint density at radius 2 is 2.09 bits per heavy atom. The van der Waals surface area contributed by atoms with Crippen molar-refractivity contribution in [1.82, 2.24) is 15.3 Å². The number of hydrogen-bond donors (Lipinski definition) is 1. The summed E-state index contributed by atoms with van der Waals surface area (Å²) in [6.07, 6.45) is 6.98. The van der Waals surface area contributed by atoms with E-state index in [-0.39, 0.29) is 5.56 Å². The predicted molar refractivity (Wildman–Crippen MR) is 81.7 cm³/mol. The molecule has 1 N–H and O–H groups in total. The fourth-order valence-corrected chi connectivity index (χ4v) is 3.51. The molecule has 0 saturated carbocycles. The van der Waals surface area contributed by atoms with Crippen molar-refractivity contribution in [3.8, 4) is 0 Å². The third-order valence-corrected chi connectivity index (χ3v) is 4.56. The fraction of sp³-hybridized carbons (Fsp3) is 0.688. The zero-order valence-electron chi connectivity index (χ0n) is 13.1. The SMILES string of the molecule is CC(=O)On1nc(CC2CCCNC2)c2c(c1=O)CCCC2. The lowest BCUT2D eigenvalue weighted by molar-refractivity contribution is -0.143. The molecule has 6 heteroatoms. The molecule has 1 fully saturated rings. The van der Waals surface area contributed by atoms with Crippen molar-refractivity contribution in [2.75, 3.05) is 13.1 Å². The van der Waals surface area contributed by atoms with E-state index in [2.05, 4.69) is 10.4 Å². The van der Waals surface area contributed by atoms with E-state index in [1.807, 2.05) is 0 Å². The molecule has 1 atom stereocenters. The van der Waals surface area contributed by atoms with Gasteiger partial charge in [-0.15, -0.1) is 5.10 Å². The summed E-state index contributed by atoms with van der Waals surface area (Å²) in [6, 6.07) is 0. The Labute approximate surface area is 129 Å². The van der Waals surface area contributed by atoms with Crippen molar-refractivity contribution in [2.24, 2.45) is 5.92 Å². The van der Waals surface area contributed by atoms with Crippen LogP contribution in [0.3, 0.4) is 0 Å². The summed E-state index contributed by atoms with van der Waals surface area (Å²) < 4.78 is 0. The largest absolute Gasteiger partial charge is 0.332 e. The molecule has 0 radical (unpaired) electrons. The Hall–Kier alpha value is -1.69. The number of aromatic nitrogens is 2. The maximum atomic E-state index is 12.4. The van der Waals surface area contributed by atoms with Gasteiger partial charge in [0.2, 0.25) is 0 Å². The minimum Gasteiger partial charge on any atom is -0.316 e. The van der Waals surface area contributed by atoms with Gasteiger partial charge >= 0.3 is 11.5 Å². The maximum absolute atomic E-state index is 12.4.